The Morgan fingerprint density at radius 3 is 2.47 bits per heavy atom. The van der Waals surface area contributed by atoms with Crippen LogP contribution < -0.4 is 5.73 Å². The van der Waals surface area contributed by atoms with E-state index >= 15 is 0 Å². The summed E-state index contributed by atoms with van der Waals surface area (Å²) in [6.45, 7) is 8.47. The summed E-state index contributed by atoms with van der Waals surface area (Å²) in [5.41, 5.74) is 11.7. The highest BCUT2D eigenvalue weighted by atomic mass is 127. The molecule has 17 heavy (non-hydrogen) atoms. The number of pyridine rings is 1. The molecule has 2 N–H and O–H groups in total. The first-order valence-corrected chi connectivity index (χ1v) is 6.86. The highest BCUT2D eigenvalue weighted by molar-refractivity contribution is 14.1. The average molecular weight is 340 g/mol. The minimum Gasteiger partial charge on any atom is -0.398 e. The number of benzene rings is 1. The smallest absolute Gasteiger partial charge is 0.0765 e. The minimum atomic E-state index is 0.409. The Hall–Kier alpha value is -0.840. The molecule has 0 atom stereocenters. The molecule has 2 nitrogen and oxygen atoms in total. The molecule has 90 valence electrons. The molecule has 0 bridgehead atoms. The van der Waals surface area contributed by atoms with E-state index in [2.05, 4.69) is 55.5 Å². The van der Waals surface area contributed by atoms with Gasteiger partial charge in [-0.05, 0) is 65.6 Å². The van der Waals surface area contributed by atoms with Crippen LogP contribution in [0.2, 0.25) is 0 Å². The van der Waals surface area contributed by atoms with E-state index in [4.69, 9.17) is 10.7 Å². The third-order valence-corrected chi connectivity index (χ3v) is 4.36. The van der Waals surface area contributed by atoms with Crippen molar-refractivity contribution in [2.75, 3.05) is 5.73 Å². The Morgan fingerprint density at radius 1 is 1.24 bits per heavy atom. The van der Waals surface area contributed by atoms with Crippen molar-refractivity contribution in [1.82, 2.24) is 4.98 Å². The second kappa shape index (κ2) is 4.44. The first-order chi connectivity index (χ1) is 7.93. The zero-order valence-electron chi connectivity index (χ0n) is 10.6. The van der Waals surface area contributed by atoms with E-state index in [1.165, 1.54) is 14.7 Å². The lowest BCUT2D eigenvalue weighted by molar-refractivity contribution is 0.851. The maximum Gasteiger partial charge on any atom is 0.0765 e. The molecule has 2 aromatic rings. The predicted molar refractivity (Wildman–Crippen MR) is 82.4 cm³/mol. The van der Waals surface area contributed by atoms with Crippen molar-refractivity contribution in [2.24, 2.45) is 0 Å². The third-order valence-electron chi connectivity index (χ3n) is 3.19. The summed E-state index contributed by atoms with van der Waals surface area (Å²) < 4.78 is 1.23. The van der Waals surface area contributed by atoms with Crippen molar-refractivity contribution in [3.8, 4) is 0 Å². The van der Waals surface area contributed by atoms with Crippen molar-refractivity contribution in [2.45, 2.75) is 33.6 Å². The summed E-state index contributed by atoms with van der Waals surface area (Å²) in [6, 6.07) is 4.19. The molecule has 0 fully saturated rings. The van der Waals surface area contributed by atoms with E-state index in [1.807, 2.05) is 6.92 Å². The van der Waals surface area contributed by atoms with Gasteiger partial charge in [0.2, 0.25) is 0 Å². The van der Waals surface area contributed by atoms with Crippen LogP contribution in [0.25, 0.3) is 10.9 Å². The number of aryl methyl sites for hydroxylation is 2. The van der Waals surface area contributed by atoms with Gasteiger partial charge in [-0.3, -0.25) is 4.98 Å². The molecule has 0 amide bonds. The van der Waals surface area contributed by atoms with E-state index in [-0.39, 0.29) is 0 Å². The molecule has 0 saturated carbocycles. The molecule has 1 heterocycles. The van der Waals surface area contributed by atoms with Crippen LogP contribution in [0.5, 0.6) is 0 Å². The van der Waals surface area contributed by atoms with E-state index in [1.54, 1.807) is 0 Å². The summed E-state index contributed by atoms with van der Waals surface area (Å²) in [5.74, 6) is 0.409. The van der Waals surface area contributed by atoms with Gasteiger partial charge in [-0.1, -0.05) is 13.8 Å². The van der Waals surface area contributed by atoms with Gasteiger partial charge in [-0.25, -0.2) is 0 Å². The highest BCUT2D eigenvalue weighted by Gasteiger charge is 2.14. The zero-order chi connectivity index (χ0) is 12.7. The highest BCUT2D eigenvalue weighted by Crippen LogP contribution is 2.33. The molecule has 0 aliphatic rings. The van der Waals surface area contributed by atoms with Crippen LogP contribution in [0.15, 0.2) is 12.1 Å². The Labute approximate surface area is 116 Å². The number of hydrogen-bond acceptors (Lipinski definition) is 2. The van der Waals surface area contributed by atoms with Crippen molar-refractivity contribution >= 4 is 39.2 Å². The Morgan fingerprint density at radius 2 is 1.88 bits per heavy atom. The van der Waals surface area contributed by atoms with Gasteiger partial charge in [0.15, 0.2) is 0 Å². The molecular formula is C14H17IN2. The summed E-state index contributed by atoms with van der Waals surface area (Å²) in [5, 5.41) is 1.08. The van der Waals surface area contributed by atoms with Crippen molar-refractivity contribution < 1.29 is 0 Å². The lowest BCUT2D eigenvalue weighted by Gasteiger charge is -2.16. The van der Waals surface area contributed by atoms with Crippen LogP contribution in [0.4, 0.5) is 5.69 Å². The van der Waals surface area contributed by atoms with Gasteiger partial charge in [-0.2, -0.15) is 0 Å². The monoisotopic (exact) mass is 340 g/mol. The number of nitrogens with two attached hydrogens (primary N) is 1. The number of hydrogen-bond donors (Lipinski definition) is 1. The topological polar surface area (TPSA) is 38.9 Å². The Kier molecular flexibility index (Phi) is 3.30. The molecule has 1 aromatic carbocycles. The standard InChI is InChI=1S/C14H17IN2/c1-7(2)12-9(4)17-14-8(3)11(15)6-5-10(14)13(12)16/h5-7H,1-4H3,(H2,16,17). The normalized spacial score (nSPS) is 11.4. The number of nitrogen functional groups attached to an aromatic ring is 1. The van der Waals surface area contributed by atoms with Crippen LogP contribution in [-0.2, 0) is 0 Å². The van der Waals surface area contributed by atoms with Crippen molar-refractivity contribution in [1.29, 1.82) is 0 Å². The Bertz CT molecular complexity index is 589. The van der Waals surface area contributed by atoms with Crippen LogP contribution in [-0.4, -0.2) is 4.98 Å². The maximum atomic E-state index is 6.30. The fraction of sp³-hybridized carbons (Fsp3) is 0.357. The second-order valence-corrected chi connectivity index (χ2v) is 5.91. The van der Waals surface area contributed by atoms with Gasteiger partial charge in [0, 0.05) is 20.3 Å². The number of fused-ring (bicyclic) bond motifs is 1. The van der Waals surface area contributed by atoms with Gasteiger partial charge in [0.05, 0.1) is 5.52 Å². The number of rotatable bonds is 1. The summed E-state index contributed by atoms with van der Waals surface area (Å²) in [4.78, 5) is 4.73. The molecule has 0 aliphatic heterocycles. The SMILES string of the molecule is Cc1nc2c(C)c(I)ccc2c(N)c1C(C)C. The van der Waals surface area contributed by atoms with Gasteiger partial charge >= 0.3 is 0 Å². The van der Waals surface area contributed by atoms with Crippen LogP contribution in [0.1, 0.15) is 36.6 Å². The van der Waals surface area contributed by atoms with Crippen LogP contribution in [0, 0.1) is 17.4 Å². The summed E-state index contributed by atoms with van der Waals surface area (Å²) in [7, 11) is 0. The molecule has 0 unspecified atom stereocenters. The number of anilines is 1. The fourth-order valence-electron chi connectivity index (χ4n) is 2.33. The molecule has 3 heteroatoms. The lowest BCUT2D eigenvalue weighted by Crippen LogP contribution is -2.04. The van der Waals surface area contributed by atoms with E-state index in [9.17, 15) is 0 Å². The van der Waals surface area contributed by atoms with Crippen LogP contribution in [0.3, 0.4) is 0 Å². The first kappa shape index (κ1) is 12.6. The first-order valence-electron chi connectivity index (χ1n) is 5.78. The van der Waals surface area contributed by atoms with Gasteiger partial charge < -0.3 is 5.73 Å². The summed E-state index contributed by atoms with van der Waals surface area (Å²) in [6.07, 6.45) is 0. The summed E-state index contributed by atoms with van der Waals surface area (Å²) >= 11 is 2.34. The van der Waals surface area contributed by atoms with Crippen molar-refractivity contribution in [3.63, 3.8) is 0 Å². The number of aromatic nitrogens is 1. The fourth-order valence-corrected chi connectivity index (χ4v) is 2.77. The molecule has 1 aromatic heterocycles. The van der Waals surface area contributed by atoms with E-state index < -0.39 is 0 Å². The molecule has 0 radical (unpaired) electrons. The molecule has 0 spiro atoms. The third kappa shape index (κ3) is 2.01. The van der Waals surface area contributed by atoms with E-state index in [0.717, 1.165) is 22.3 Å². The second-order valence-electron chi connectivity index (χ2n) is 4.75. The lowest BCUT2D eigenvalue weighted by atomic mass is 9.96. The largest absolute Gasteiger partial charge is 0.398 e. The Balaban J connectivity index is 2.91. The average Bonchev–Trinajstić information content (AvgIpc) is 2.23. The van der Waals surface area contributed by atoms with E-state index in [0.29, 0.717) is 5.92 Å². The van der Waals surface area contributed by atoms with Gasteiger partial charge in [0.25, 0.3) is 0 Å². The number of nitrogens with zero attached hydrogens (tertiary/aromatic N) is 1. The molecule has 0 saturated heterocycles. The van der Waals surface area contributed by atoms with Crippen molar-refractivity contribution in [3.05, 3.63) is 32.5 Å². The maximum absolute atomic E-state index is 6.30. The molecular weight excluding hydrogens is 323 g/mol. The molecule has 2 rings (SSSR count). The predicted octanol–water partition coefficient (Wildman–Crippen LogP) is 4.16. The van der Waals surface area contributed by atoms with Crippen LogP contribution >= 0.6 is 22.6 Å². The van der Waals surface area contributed by atoms with Gasteiger partial charge in [0.1, 0.15) is 0 Å². The minimum absolute atomic E-state index is 0.409. The quantitative estimate of drug-likeness (QED) is 0.792. The molecule has 0 aliphatic carbocycles. The number of halogens is 1. The zero-order valence-corrected chi connectivity index (χ0v) is 12.8. The van der Waals surface area contributed by atoms with Gasteiger partial charge in [-0.15, -0.1) is 0 Å².